The van der Waals surface area contributed by atoms with Crippen LogP contribution < -0.4 is 5.32 Å². The molecule has 0 amide bonds. The second kappa shape index (κ2) is 5.94. The van der Waals surface area contributed by atoms with Crippen LogP contribution in [0.2, 0.25) is 5.02 Å². The fourth-order valence-electron chi connectivity index (χ4n) is 1.89. The first-order valence-electron chi connectivity index (χ1n) is 5.80. The smallest absolute Gasteiger partial charge is 0.146 e. The Kier molecular flexibility index (Phi) is 4.28. The van der Waals surface area contributed by atoms with E-state index in [9.17, 15) is 4.39 Å². The Morgan fingerprint density at radius 3 is 2.61 bits per heavy atom. The van der Waals surface area contributed by atoms with Gasteiger partial charge in [0, 0.05) is 16.8 Å². The quantitative estimate of drug-likeness (QED) is 0.913. The number of halogens is 2. The molecule has 0 aliphatic heterocycles. The summed E-state index contributed by atoms with van der Waals surface area (Å²) in [7, 11) is 0. The Morgan fingerprint density at radius 1 is 1.28 bits per heavy atom. The summed E-state index contributed by atoms with van der Waals surface area (Å²) in [6, 6.07) is 8.92. The van der Waals surface area contributed by atoms with E-state index in [1.807, 2.05) is 19.1 Å². The Balaban J connectivity index is 2.40. The average Bonchev–Trinajstić information content (AvgIpc) is 2.38. The second-order valence-corrected chi connectivity index (χ2v) is 4.38. The van der Waals surface area contributed by atoms with Crippen molar-refractivity contribution >= 4 is 11.6 Å². The standard InChI is InChI=1S/C14H14ClFN2/c1-2-18-14(10-3-5-11(15)6-4-10)12-7-8-17-9-13(12)16/h3-9,14,18H,2H2,1H3. The first-order chi connectivity index (χ1) is 8.72. The Morgan fingerprint density at radius 2 is 2.00 bits per heavy atom. The fraction of sp³-hybridized carbons (Fsp3) is 0.214. The summed E-state index contributed by atoms with van der Waals surface area (Å²) in [6.45, 7) is 2.73. The number of rotatable bonds is 4. The highest BCUT2D eigenvalue weighted by Crippen LogP contribution is 2.24. The van der Waals surface area contributed by atoms with Crippen LogP contribution in [0.25, 0.3) is 0 Å². The van der Waals surface area contributed by atoms with Gasteiger partial charge in [-0.15, -0.1) is 0 Å². The lowest BCUT2D eigenvalue weighted by atomic mass is 9.99. The molecule has 1 aromatic heterocycles. The maximum Gasteiger partial charge on any atom is 0.146 e. The van der Waals surface area contributed by atoms with Crippen molar-refractivity contribution in [2.75, 3.05) is 6.54 Å². The van der Waals surface area contributed by atoms with E-state index < -0.39 is 0 Å². The van der Waals surface area contributed by atoms with Crippen molar-refractivity contribution in [2.24, 2.45) is 0 Å². The highest BCUT2D eigenvalue weighted by Gasteiger charge is 2.16. The highest BCUT2D eigenvalue weighted by molar-refractivity contribution is 6.30. The van der Waals surface area contributed by atoms with Crippen molar-refractivity contribution in [1.29, 1.82) is 0 Å². The van der Waals surface area contributed by atoms with Gasteiger partial charge < -0.3 is 5.32 Å². The third kappa shape index (κ3) is 2.86. The molecule has 1 heterocycles. The molecule has 0 saturated carbocycles. The third-order valence-electron chi connectivity index (χ3n) is 2.73. The molecule has 0 spiro atoms. The van der Waals surface area contributed by atoms with Crippen molar-refractivity contribution < 1.29 is 4.39 Å². The molecule has 1 atom stereocenters. The van der Waals surface area contributed by atoms with E-state index >= 15 is 0 Å². The molecule has 0 bridgehead atoms. The summed E-state index contributed by atoms with van der Waals surface area (Å²) >= 11 is 5.87. The first-order valence-corrected chi connectivity index (χ1v) is 6.18. The highest BCUT2D eigenvalue weighted by atomic mass is 35.5. The van der Waals surface area contributed by atoms with E-state index in [2.05, 4.69) is 10.3 Å². The van der Waals surface area contributed by atoms with Crippen molar-refractivity contribution in [1.82, 2.24) is 10.3 Å². The number of hydrogen-bond donors (Lipinski definition) is 1. The summed E-state index contributed by atoms with van der Waals surface area (Å²) in [5.41, 5.74) is 1.57. The van der Waals surface area contributed by atoms with Gasteiger partial charge in [0.1, 0.15) is 5.82 Å². The second-order valence-electron chi connectivity index (χ2n) is 3.94. The molecule has 4 heteroatoms. The van der Waals surface area contributed by atoms with Crippen LogP contribution in [0.1, 0.15) is 24.1 Å². The molecule has 1 N–H and O–H groups in total. The SMILES string of the molecule is CCNC(c1ccc(Cl)cc1)c1ccncc1F. The number of nitrogens with zero attached hydrogens (tertiary/aromatic N) is 1. The first kappa shape index (κ1) is 13.0. The average molecular weight is 265 g/mol. The van der Waals surface area contributed by atoms with Crippen molar-refractivity contribution in [3.05, 3.63) is 64.7 Å². The summed E-state index contributed by atoms with van der Waals surface area (Å²) in [6.07, 6.45) is 2.83. The molecule has 94 valence electrons. The van der Waals surface area contributed by atoms with Gasteiger partial charge in [-0.1, -0.05) is 30.7 Å². The van der Waals surface area contributed by atoms with Gasteiger partial charge in [-0.25, -0.2) is 4.39 Å². The molecule has 1 aromatic carbocycles. The van der Waals surface area contributed by atoms with Crippen LogP contribution in [0.5, 0.6) is 0 Å². The minimum Gasteiger partial charge on any atom is -0.306 e. The lowest BCUT2D eigenvalue weighted by Gasteiger charge is -2.19. The zero-order chi connectivity index (χ0) is 13.0. The Bertz CT molecular complexity index is 513. The van der Waals surface area contributed by atoms with Crippen LogP contribution in [-0.4, -0.2) is 11.5 Å². The zero-order valence-corrected chi connectivity index (χ0v) is 10.8. The summed E-state index contributed by atoms with van der Waals surface area (Å²) in [5, 5.41) is 3.94. The van der Waals surface area contributed by atoms with E-state index in [1.165, 1.54) is 6.20 Å². The molecule has 2 nitrogen and oxygen atoms in total. The van der Waals surface area contributed by atoms with Crippen LogP contribution in [0, 0.1) is 5.82 Å². The summed E-state index contributed by atoms with van der Waals surface area (Å²) < 4.78 is 13.8. The van der Waals surface area contributed by atoms with Crippen molar-refractivity contribution in [3.8, 4) is 0 Å². The van der Waals surface area contributed by atoms with Gasteiger partial charge in [0.2, 0.25) is 0 Å². The largest absolute Gasteiger partial charge is 0.306 e. The lowest BCUT2D eigenvalue weighted by molar-refractivity contribution is 0.554. The topological polar surface area (TPSA) is 24.9 Å². The number of hydrogen-bond acceptors (Lipinski definition) is 2. The molecule has 0 radical (unpaired) electrons. The molecule has 18 heavy (non-hydrogen) atoms. The molecule has 0 saturated heterocycles. The molecule has 1 unspecified atom stereocenters. The van der Waals surface area contributed by atoms with E-state index in [-0.39, 0.29) is 11.9 Å². The van der Waals surface area contributed by atoms with Crippen LogP contribution in [0.4, 0.5) is 4.39 Å². The molecule has 0 fully saturated rings. The number of benzene rings is 1. The molecule has 0 aliphatic carbocycles. The van der Waals surface area contributed by atoms with Crippen LogP contribution in [0.3, 0.4) is 0 Å². The van der Waals surface area contributed by atoms with E-state index in [0.717, 1.165) is 12.1 Å². The van der Waals surface area contributed by atoms with E-state index in [1.54, 1.807) is 24.4 Å². The predicted octanol–water partition coefficient (Wildman–Crippen LogP) is 3.57. The number of nitrogens with one attached hydrogen (secondary N) is 1. The summed E-state index contributed by atoms with van der Waals surface area (Å²) in [5.74, 6) is -0.307. The number of aromatic nitrogens is 1. The number of pyridine rings is 1. The predicted molar refractivity (Wildman–Crippen MR) is 71.2 cm³/mol. The normalized spacial score (nSPS) is 12.4. The van der Waals surface area contributed by atoms with Crippen LogP contribution in [0.15, 0.2) is 42.7 Å². The lowest BCUT2D eigenvalue weighted by Crippen LogP contribution is -2.23. The van der Waals surface area contributed by atoms with Gasteiger partial charge >= 0.3 is 0 Å². The van der Waals surface area contributed by atoms with Gasteiger partial charge in [0.25, 0.3) is 0 Å². The molecular weight excluding hydrogens is 251 g/mol. The fourth-order valence-corrected chi connectivity index (χ4v) is 2.01. The molecular formula is C14H14ClFN2. The van der Waals surface area contributed by atoms with Gasteiger partial charge in [0.15, 0.2) is 0 Å². The van der Waals surface area contributed by atoms with E-state index in [4.69, 9.17) is 11.6 Å². The van der Waals surface area contributed by atoms with Gasteiger partial charge in [-0.2, -0.15) is 0 Å². The third-order valence-corrected chi connectivity index (χ3v) is 2.98. The monoisotopic (exact) mass is 264 g/mol. The zero-order valence-electron chi connectivity index (χ0n) is 10.0. The van der Waals surface area contributed by atoms with E-state index in [0.29, 0.717) is 10.6 Å². The van der Waals surface area contributed by atoms with Crippen molar-refractivity contribution in [3.63, 3.8) is 0 Å². The molecule has 2 aromatic rings. The van der Waals surface area contributed by atoms with Gasteiger partial charge in [0.05, 0.1) is 12.2 Å². The van der Waals surface area contributed by atoms with Crippen LogP contribution >= 0.6 is 11.6 Å². The summed E-state index contributed by atoms with van der Waals surface area (Å²) in [4.78, 5) is 3.77. The van der Waals surface area contributed by atoms with Gasteiger partial charge in [-0.05, 0) is 30.3 Å². The maximum atomic E-state index is 13.8. The Labute approximate surface area is 111 Å². The Hall–Kier alpha value is -1.45. The molecule has 0 aliphatic rings. The minimum absolute atomic E-state index is 0.185. The maximum absolute atomic E-state index is 13.8. The van der Waals surface area contributed by atoms with Crippen LogP contribution in [-0.2, 0) is 0 Å². The molecule has 2 rings (SSSR count). The minimum atomic E-state index is -0.307. The van der Waals surface area contributed by atoms with Gasteiger partial charge in [-0.3, -0.25) is 4.98 Å². The van der Waals surface area contributed by atoms with Crippen molar-refractivity contribution in [2.45, 2.75) is 13.0 Å².